The zero-order valence-electron chi connectivity index (χ0n) is 18.9. The quantitative estimate of drug-likeness (QED) is 0.377. The minimum atomic E-state index is -3.71. The van der Waals surface area contributed by atoms with Crippen LogP contribution >= 0.6 is 0 Å². The number of nitrogens with one attached hydrogen (secondary N) is 2. The van der Waals surface area contributed by atoms with E-state index in [1.165, 1.54) is 11.2 Å². The number of carbonyl (C=O) groups excluding carboxylic acids is 1. The third kappa shape index (κ3) is 4.74. The Hall–Kier alpha value is -3.80. The molecule has 0 radical (unpaired) electrons. The topological polar surface area (TPSA) is 129 Å². The number of aliphatic hydroxyl groups is 1. The second-order valence-electron chi connectivity index (χ2n) is 8.36. The number of amides is 1. The molecule has 0 aliphatic carbocycles. The fourth-order valence-electron chi connectivity index (χ4n) is 4.08. The monoisotopic (exact) mass is 492 g/mol. The van der Waals surface area contributed by atoms with Gasteiger partial charge in [-0.2, -0.15) is 4.31 Å². The molecule has 10 nitrogen and oxygen atoms in total. The zero-order chi connectivity index (χ0) is 24.6. The molecule has 5 rings (SSSR count). The van der Waals surface area contributed by atoms with Crippen molar-refractivity contribution in [1.29, 1.82) is 0 Å². The van der Waals surface area contributed by atoms with E-state index in [-0.39, 0.29) is 17.3 Å². The standard InChI is InChI=1S/C24H24N6O4S/c1-16(31)26-18-5-3-6-19(13-18)27-24-25-14-20-8-9-23(30(20)28-24)17-4-2-7-22(12-17)35(33,34)29-11-10-21(32)15-29/h2-9,12-14,21,32H,10-11,15H2,1H3,(H,26,31)(H,27,28). The summed E-state index contributed by atoms with van der Waals surface area (Å²) < 4.78 is 29.1. The van der Waals surface area contributed by atoms with Crippen molar-refractivity contribution in [2.45, 2.75) is 24.3 Å². The van der Waals surface area contributed by atoms with E-state index < -0.39 is 16.1 Å². The van der Waals surface area contributed by atoms with Gasteiger partial charge in [0.15, 0.2) is 0 Å². The van der Waals surface area contributed by atoms with Gasteiger partial charge in [0, 0.05) is 37.0 Å². The van der Waals surface area contributed by atoms with Gasteiger partial charge in [0.1, 0.15) is 0 Å². The Morgan fingerprint density at radius 2 is 1.89 bits per heavy atom. The van der Waals surface area contributed by atoms with Crippen LogP contribution < -0.4 is 10.6 Å². The maximum absolute atomic E-state index is 13.1. The van der Waals surface area contributed by atoms with Crippen LogP contribution in [0, 0.1) is 0 Å². The molecule has 2 aromatic carbocycles. The first-order chi connectivity index (χ1) is 16.8. The van der Waals surface area contributed by atoms with Gasteiger partial charge in [0.2, 0.25) is 21.9 Å². The minimum Gasteiger partial charge on any atom is -0.392 e. The van der Waals surface area contributed by atoms with Crippen molar-refractivity contribution in [3.8, 4) is 11.3 Å². The van der Waals surface area contributed by atoms with Crippen LogP contribution in [0.4, 0.5) is 17.3 Å². The molecule has 4 aromatic rings. The summed E-state index contributed by atoms with van der Waals surface area (Å²) in [5, 5.41) is 20.2. The molecule has 0 spiro atoms. The van der Waals surface area contributed by atoms with Crippen LogP contribution in [-0.4, -0.2) is 57.5 Å². The summed E-state index contributed by atoms with van der Waals surface area (Å²) in [4.78, 5) is 15.9. The molecule has 3 heterocycles. The van der Waals surface area contributed by atoms with Gasteiger partial charge in [0.05, 0.1) is 28.4 Å². The van der Waals surface area contributed by atoms with Crippen LogP contribution in [0.3, 0.4) is 0 Å². The summed E-state index contributed by atoms with van der Waals surface area (Å²) in [5.74, 6) is 0.173. The molecule has 2 aromatic heterocycles. The van der Waals surface area contributed by atoms with Gasteiger partial charge in [-0.1, -0.05) is 18.2 Å². The lowest BCUT2D eigenvalue weighted by molar-refractivity contribution is -0.114. The molecular weight excluding hydrogens is 468 g/mol. The zero-order valence-corrected chi connectivity index (χ0v) is 19.7. The van der Waals surface area contributed by atoms with E-state index in [9.17, 15) is 18.3 Å². The number of rotatable bonds is 6. The summed E-state index contributed by atoms with van der Waals surface area (Å²) in [6.45, 7) is 1.85. The third-order valence-corrected chi connectivity index (χ3v) is 7.59. The third-order valence-electron chi connectivity index (χ3n) is 5.73. The lowest BCUT2D eigenvalue weighted by atomic mass is 10.2. The summed E-state index contributed by atoms with van der Waals surface area (Å²) in [7, 11) is -3.71. The van der Waals surface area contributed by atoms with Crippen molar-refractivity contribution in [3.63, 3.8) is 0 Å². The number of carbonyl (C=O) groups is 1. The molecule has 180 valence electrons. The van der Waals surface area contributed by atoms with E-state index in [4.69, 9.17) is 0 Å². The van der Waals surface area contributed by atoms with Crippen molar-refractivity contribution < 1.29 is 18.3 Å². The Labute approximate surface area is 202 Å². The number of β-amino-alcohol motifs (C(OH)–C–C–N with tert-alkyl or cyclic N) is 1. The molecule has 1 fully saturated rings. The first kappa shape index (κ1) is 23.0. The number of fused-ring (bicyclic) bond motifs is 1. The van der Waals surface area contributed by atoms with E-state index in [1.54, 1.807) is 47.1 Å². The van der Waals surface area contributed by atoms with Gasteiger partial charge in [0.25, 0.3) is 0 Å². The van der Waals surface area contributed by atoms with E-state index >= 15 is 0 Å². The minimum absolute atomic E-state index is 0.103. The highest BCUT2D eigenvalue weighted by Crippen LogP contribution is 2.28. The highest BCUT2D eigenvalue weighted by molar-refractivity contribution is 7.89. The van der Waals surface area contributed by atoms with Crippen LogP contribution in [0.1, 0.15) is 13.3 Å². The van der Waals surface area contributed by atoms with Crippen LogP contribution in [0.5, 0.6) is 0 Å². The molecule has 35 heavy (non-hydrogen) atoms. The number of hydrogen-bond donors (Lipinski definition) is 3. The van der Waals surface area contributed by atoms with Crippen LogP contribution in [0.25, 0.3) is 16.8 Å². The molecular formula is C24H24N6O4S. The molecule has 1 saturated heterocycles. The van der Waals surface area contributed by atoms with Gasteiger partial charge >= 0.3 is 0 Å². The highest BCUT2D eigenvalue weighted by atomic mass is 32.2. The lowest BCUT2D eigenvalue weighted by Crippen LogP contribution is -2.29. The first-order valence-electron chi connectivity index (χ1n) is 11.1. The fourth-order valence-corrected chi connectivity index (χ4v) is 5.62. The molecule has 1 aliphatic rings. The molecule has 1 unspecified atom stereocenters. The first-order valence-corrected chi connectivity index (χ1v) is 12.5. The van der Waals surface area contributed by atoms with Crippen LogP contribution in [0.15, 0.2) is 71.8 Å². The van der Waals surface area contributed by atoms with Gasteiger partial charge in [-0.3, -0.25) is 4.79 Å². The van der Waals surface area contributed by atoms with Crippen molar-refractivity contribution in [1.82, 2.24) is 18.9 Å². The van der Waals surface area contributed by atoms with Crippen molar-refractivity contribution >= 4 is 38.8 Å². The lowest BCUT2D eigenvalue weighted by Gasteiger charge is -2.16. The van der Waals surface area contributed by atoms with E-state index in [2.05, 4.69) is 20.7 Å². The normalized spacial score (nSPS) is 16.5. The number of sulfonamides is 1. The van der Waals surface area contributed by atoms with Gasteiger partial charge in [-0.05, 0) is 48.9 Å². The Kier molecular flexibility index (Phi) is 5.97. The Morgan fingerprint density at radius 3 is 2.66 bits per heavy atom. The smallest absolute Gasteiger partial charge is 0.245 e. The predicted octanol–water partition coefficient (Wildman–Crippen LogP) is 2.85. The molecule has 0 saturated carbocycles. The van der Waals surface area contributed by atoms with Gasteiger partial charge in [-0.25, -0.2) is 17.9 Å². The Balaban J connectivity index is 1.46. The SMILES string of the molecule is CC(=O)Nc1cccc(Nc2ncc3ccc(-c4cccc(S(=O)(=O)N5CCC(O)C5)c4)n3n2)c1. The molecule has 1 amide bonds. The van der Waals surface area contributed by atoms with Crippen molar-refractivity contribution in [3.05, 3.63) is 66.9 Å². The second-order valence-corrected chi connectivity index (χ2v) is 10.3. The molecule has 1 aliphatic heterocycles. The summed E-state index contributed by atoms with van der Waals surface area (Å²) in [5.41, 5.74) is 3.48. The number of hydrogen-bond acceptors (Lipinski definition) is 7. The van der Waals surface area contributed by atoms with Crippen molar-refractivity contribution in [2.75, 3.05) is 23.7 Å². The summed E-state index contributed by atoms with van der Waals surface area (Å²) in [6.07, 6.45) is 1.47. The average molecular weight is 493 g/mol. The number of nitrogens with zero attached hydrogens (tertiary/aromatic N) is 4. The summed E-state index contributed by atoms with van der Waals surface area (Å²) in [6, 6.07) is 17.6. The molecule has 11 heteroatoms. The second kappa shape index (κ2) is 9.10. The average Bonchev–Trinajstić information content (AvgIpc) is 3.45. The number of aromatic nitrogens is 3. The fraction of sp³-hybridized carbons (Fsp3) is 0.208. The summed E-state index contributed by atoms with van der Waals surface area (Å²) >= 11 is 0. The molecule has 0 bridgehead atoms. The molecule has 3 N–H and O–H groups in total. The van der Waals surface area contributed by atoms with Gasteiger partial charge < -0.3 is 15.7 Å². The maximum Gasteiger partial charge on any atom is 0.245 e. The molecule has 1 atom stereocenters. The number of anilines is 3. The van der Waals surface area contributed by atoms with Crippen LogP contribution in [-0.2, 0) is 14.8 Å². The number of benzene rings is 2. The largest absolute Gasteiger partial charge is 0.392 e. The van der Waals surface area contributed by atoms with Gasteiger partial charge in [-0.15, -0.1) is 5.10 Å². The van der Waals surface area contributed by atoms with Crippen molar-refractivity contribution in [2.24, 2.45) is 0 Å². The van der Waals surface area contributed by atoms with E-state index in [1.807, 2.05) is 24.3 Å². The van der Waals surface area contributed by atoms with Crippen LogP contribution in [0.2, 0.25) is 0 Å². The Bertz CT molecular complexity index is 1520. The maximum atomic E-state index is 13.1. The predicted molar refractivity (Wildman–Crippen MR) is 132 cm³/mol. The highest BCUT2D eigenvalue weighted by Gasteiger charge is 2.31. The number of aliphatic hydroxyl groups excluding tert-OH is 1. The van der Waals surface area contributed by atoms with E-state index in [0.29, 0.717) is 41.5 Å². The Morgan fingerprint density at radius 1 is 1.09 bits per heavy atom. The van der Waals surface area contributed by atoms with E-state index in [0.717, 1.165) is 5.52 Å².